The average Bonchev–Trinajstić information content (AvgIpc) is 2.62. The molecule has 24 heavy (non-hydrogen) atoms. The van der Waals surface area contributed by atoms with Crippen LogP contribution in [0.1, 0.15) is 5.56 Å². The van der Waals surface area contributed by atoms with Crippen LogP contribution in [0.2, 0.25) is 0 Å². The number of hydrogen-bond acceptors (Lipinski definition) is 4. The number of rotatable bonds is 7. The predicted octanol–water partition coefficient (Wildman–Crippen LogP) is 3.97. The average molecular weight is 343 g/mol. The van der Waals surface area contributed by atoms with Gasteiger partial charge in [-0.1, -0.05) is 36.0 Å². The Balaban J connectivity index is 1.93. The van der Waals surface area contributed by atoms with E-state index in [1.54, 1.807) is 32.2 Å². The van der Waals surface area contributed by atoms with E-state index < -0.39 is 0 Å². The van der Waals surface area contributed by atoms with Crippen LogP contribution in [0.15, 0.2) is 64.9 Å². The van der Waals surface area contributed by atoms with Crippen LogP contribution in [0, 0.1) is 0 Å². The Bertz CT molecular complexity index is 701. The molecule has 4 nitrogen and oxygen atoms in total. The summed E-state index contributed by atoms with van der Waals surface area (Å²) in [6, 6.07) is 15.6. The Morgan fingerprint density at radius 1 is 1.08 bits per heavy atom. The fraction of sp³-hybridized carbons (Fsp3) is 0.211. The molecule has 0 radical (unpaired) electrons. The molecule has 0 saturated carbocycles. The molecule has 0 aliphatic rings. The number of nitrogens with zero attached hydrogens (tertiary/aromatic N) is 1. The Labute approximate surface area is 147 Å². The van der Waals surface area contributed by atoms with Crippen molar-refractivity contribution < 1.29 is 14.3 Å². The van der Waals surface area contributed by atoms with Gasteiger partial charge in [0.1, 0.15) is 0 Å². The number of carbonyl (C=O) groups excluding carboxylic acids is 1. The molecular formula is C19H21NO3S. The first-order valence-electron chi connectivity index (χ1n) is 7.48. The molecule has 0 bridgehead atoms. The Morgan fingerprint density at radius 3 is 2.46 bits per heavy atom. The number of hydrogen-bond donors (Lipinski definition) is 0. The fourth-order valence-corrected chi connectivity index (χ4v) is 2.78. The van der Waals surface area contributed by atoms with Gasteiger partial charge in [0.15, 0.2) is 11.5 Å². The van der Waals surface area contributed by atoms with Crippen LogP contribution >= 0.6 is 11.8 Å². The van der Waals surface area contributed by atoms with Crippen molar-refractivity contribution in [3.05, 3.63) is 65.6 Å². The van der Waals surface area contributed by atoms with Gasteiger partial charge in [-0.15, -0.1) is 0 Å². The third kappa shape index (κ3) is 5.06. The van der Waals surface area contributed by atoms with Crippen molar-refractivity contribution >= 4 is 17.7 Å². The van der Waals surface area contributed by atoms with Crippen LogP contribution in [0.5, 0.6) is 11.5 Å². The van der Waals surface area contributed by atoms with E-state index in [-0.39, 0.29) is 5.91 Å². The summed E-state index contributed by atoms with van der Waals surface area (Å²) in [5.74, 6) is 1.29. The SMILES string of the molecule is COc1ccc(CN(C)C(=O)/C=C/Sc2ccccc2)cc1OC. The Morgan fingerprint density at radius 2 is 1.79 bits per heavy atom. The van der Waals surface area contributed by atoms with Gasteiger partial charge >= 0.3 is 0 Å². The van der Waals surface area contributed by atoms with E-state index in [0.717, 1.165) is 10.5 Å². The third-order valence-corrected chi connectivity index (χ3v) is 4.22. The zero-order chi connectivity index (χ0) is 17.4. The highest BCUT2D eigenvalue weighted by atomic mass is 32.2. The van der Waals surface area contributed by atoms with Crippen molar-refractivity contribution in [2.75, 3.05) is 21.3 Å². The topological polar surface area (TPSA) is 38.8 Å². The van der Waals surface area contributed by atoms with Gasteiger partial charge in [0, 0.05) is 24.6 Å². The molecule has 5 heteroatoms. The second-order valence-corrected chi connectivity index (χ2v) is 6.10. The van der Waals surface area contributed by atoms with Gasteiger partial charge in [-0.2, -0.15) is 0 Å². The largest absolute Gasteiger partial charge is 0.493 e. The van der Waals surface area contributed by atoms with Gasteiger partial charge in [-0.25, -0.2) is 0 Å². The summed E-state index contributed by atoms with van der Waals surface area (Å²) in [5, 5.41) is 1.81. The maximum atomic E-state index is 12.2. The molecule has 0 fully saturated rings. The summed E-state index contributed by atoms with van der Waals surface area (Å²) < 4.78 is 10.5. The summed E-state index contributed by atoms with van der Waals surface area (Å²) in [5.41, 5.74) is 0.979. The van der Waals surface area contributed by atoms with Gasteiger partial charge in [-0.05, 0) is 35.2 Å². The van der Waals surface area contributed by atoms with E-state index in [1.807, 2.05) is 53.9 Å². The number of ether oxygens (including phenoxy) is 2. The molecule has 0 N–H and O–H groups in total. The van der Waals surface area contributed by atoms with E-state index in [2.05, 4.69) is 0 Å². The quantitative estimate of drug-likeness (QED) is 0.563. The lowest BCUT2D eigenvalue weighted by molar-refractivity contribution is -0.125. The maximum Gasteiger partial charge on any atom is 0.247 e. The monoisotopic (exact) mass is 343 g/mol. The fourth-order valence-electron chi connectivity index (χ4n) is 2.13. The van der Waals surface area contributed by atoms with E-state index in [4.69, 9.17) is 9.47 Å². The minimum Gasteiger partial charge on any atom is -0.493 e. The van der Waals surface area contributed by atoms with Crippen LogP contribution in [0.3, 0.4) is 0 Å². The number of methoxy groups -OCH3 is 2. The zero-order valence-corrected chi connectivity index (χ0v) is 14.9. The van der Waals surface area contributed by atoms with E-state index in [0.29, 0.717) is 18.0 Å². The lowest BCUT2D eigenvalue weighted by Crippen LogP contribution is -2.24. The molecule has 0 saturated heterocycles. The minimum atomic E-state index is -0.0479. The molecule has 0 heterocycles. The van der Waals surface area contributed by atoms with Crippen LogP contribution in [-0.4, -0.2) is 32.1 Å². The number of likely N-dealkylation sites (N-methyl/N-ethyl adjacent to an activating group) is 1. The van der Waals surface area contributed by atoms with Crippen molar-refractivity contribution in [1.82, 2.24) is 4.90 Å². The number of carbonyl (C=O) groups is 1. The van der Waals surface area contributed by atoms with Gasteiger partial charge in [0.25, 0.3) is 0 Å². The highest BCUT2D eigenvalue weighted by molar-refractivity contribution is 8.02. The minimum absolute atomic E-state index is 0.0479. The molecule has 0 aliphatic heterocycles. The first-order valence-corrected chi connectivity index (χ1v) is 8.36. The van der Waals surface area contributed by atoms with Crippen LogP contribution in [0.25, 0.3) is 0 Å². The van der Waals surface area contributed by atoms with E-state index >= 15 is 0 Å². The van der Waals surface area contributed by atoms with Gasteiger partial charge < -0.3 is 14.4 Å². The standard InChI is InChI=1S/C19H21NO3S/c1-20(14-15-9-10-17(22-2)18(13-15)23-3)19(21)11-12-24-16-7-5-4-6-8-16/h4-13H,14H2,1-3H3/b12-11+. The van der Waals surface area contributed by atoms with Crippen LogP contribution in [0.4, 0.5) is 0 Å². The molecule has 0 spiro atoms. The summed E-state index contributed by atoms with van der Waals surface area (Å²) in [6.07, 6.45) is 1.58. The lowest BCUT2D eigenvalue weighted by atomic mass is 10.2. The van der Waals surface area contributed by atoms with Crippen molar-refractivity contribution in [1.29, 1.82) is 0 Å². The van der Waals surface area contributed by atoms with E-state index in [9.17, 15) is 4.79 Å². The maximum absolute atomic E-state index is 12.2. The smallest absolute Gasteiger partial charge is 0.247 e. The van der Waals surface area contributed by atoms with Gasteiger partial charge in [0.2, 0.25) is 5.91 Å². The summed E-state index contributed by atoms with van der Waals surface area (Å²) in [6.45, 7) is 0.500. The molecule has 2 rings (SSSR count). The van der Waals surface area contributed by atoms with Gasteiger partial charge in [-0.3, -0.25) is 4.79 Å². The van der Waals surface area contributed by atoms with Crippen molar-refractivity contribution in [3.8, 4) is 11.5 Å². The van der Waals surface area contributed by atoms with Gasteiger partial charge in [0.05, 0.1) is 14.2 Å². The molecular weight excluding hydrogens is 322 g/mol. The second kappa shape index (κ2) is 9.03. The number of benzene rings is 2. The molecule has 126 valence electrons. The van der Waals surface area contributed by atoms with Crippen LogP contribution < -0.4 is 9.47 Å². The summed E-state index contributed by atoms with van der Waals surface area (Å²) >= 11 is 1.52. The molecule has 1 amide bonds. The summed E-state index contributed by atoms with van der Waals surface area (Å²) in [4.78, 5) is 14.9. The number of thioether (sulfide) groups is 1. The van der Waals surface area contributed by atoms with Crippen LogP contribution in [-0.2, 0) is 11.3 Å². The molecule has 2 aromatic carbocycles. The third-order valence-electron chi connectivity index (χ3n) is 3.40. The molecule has 0 aliphatic carbocycles. The first-order chi connectivity index (χ1) is 11.6. The summed E-state index contributed by atoms with van der Waals surface area (Å²) in [7, 11) is 4.97. The molecule has 0 aromatic heterocycles. The second-order valence-electron chi connectivity index (χ2n) is 5.12. The zero-order valence-electron chi connectivity index (χ0n) is 14.1. The Hall–Kier alpha value is -2.40. The predicted molar refractivity (Wildman–Crippen MR) is 97.5 cm³/mol. The Kier molecular flexibility index (Phi) is 6.75. The van der Waals surface area contributed by atoms with Crippen molar-refractivity contribution in [2.24, 2.45) is 0 Å². The van der Waals surface area contributed by atoms with E-state index in [1.165, 1.54) is 11.8 Å². The van der Waals surface area contributed by atoms with Crippen molar-refractivity contribution in [2.45, 2.75) is 11.4 Å². The lowest BCUT2D eigenvalue weighted by Gasteiger charge is -2.16. The molecule has 0 unspecified atom stereocenters. The molecule has 0 atom stereocenters. The molecule has 2 aromatic rings. The van der Waals surface area contributed by atoms with Crippen molar-refractivity contribution in [3.63, 3.8) is 0 Å². The highest BCUT2D eigenvalue weighted by Crippen LogP contribution is 2.28. The highest BCUT2D eigenvalue weighted by Gasteiger charge is 2.09. The normalized spacial score (nSPS) is 10.6. The number of amides is 1. The first kappa shape index (κ1) is 17.9.